The third-order valence-corrected chi connectivity index (χ3v) is 8.30. The topological polar surface area (TPSA) is 71.1 Å². The Hall–Kier alpha value is -1.26. The van der Waals surface area contributed by atoms with Crippen LogP contribution in [0.2, 0.25) is 0 Å². The molecule has 4 rings (SSSR count). The van der Waals surface area contributed by atoms with Crippen LogP contribution in [0.25, 0.3) is 0 Å². The molecular weight excluding hydrogens is 386 g/mol. The molecule has 0 radical (unpaired) electrons. The fourth-order valence-corrected chi connectivity index (χ4v) is 6.77. The van der Waals surface area contributed by atoms with Crippen molar-refractivity contribution in [3.05, 3.63) is 71.8 Å². The van der Waals surface area contributed by atoms with Crippen LogP contribution in [0.1, 0.15) is 11.1 Å². The maximum Gasteiger partial charge on any atom is 0.335 e. The maximum atomic E-state index is 12.8. The maximum absolute atomic E-state index is 12.8. The predicted octanol–water partition coefficient (Wildman–Crippen LogP) is 4.85. The second kappa shape index (κ2) is 7.63. The molecule has 0 atom stereocenters. The van der Waals surface area contributed by atoms with E-state index in [9.17, 15) is 9.13 Å². The van der Waals surface area contributed by atoms with Crippen molar-refractivity contribution >= 4 is 15.2 Å². The van der Waals surface area contributed by atoms with Gasteiger partial charge in [-0.15, -0.1) is 0 Å². The van der Waals surface area contributed by atoms with Crippen molar-refractivity contribution in [3.8, 4) is 0 Å². The summed E-state index contributed by atoms with van der Waals surface area (Å²) in [5.74, 6) is 0. The number of hydrogen-bond acceptors (Lipinski definition) is 6. The monoisotopic (exact) mass is 408 g/mol. The number of benzene rings is 2. The van der Waals surface area contributed by atoms with Crippen molar-refractivity contribution < 1.29 is 27.2 Å². The largest absolute Gasteiger partial charge is 0.335 e. The first kappa shape index (κ1) is 19.1. The first-order valence-electron chi connectivity index (χ1n) is 8.83. The van der Waals surface area contributed by atoms with Gasteiger partial charge in [-0.25, -0.2) is 0 Å². The molecule has 0 aliphatic carbocycles. The summed E-state index contributed by atoms with van der Waals surface area (Å²) in [7, 11) is -6.39. The van der Waals surface area contributed by atoms with Crippen LogP contribution in [-0.4, -0.2) is 26.4 Å². The smallest absolute Gasteiger partial charge is 0.307 e. The van der Waals surface area contributed by atoms with Gasteiger partial charge in [0.1, 0.15) is 0 Å². The summed E-state index contributed by atoms with van der Waals surface area (Å²) in [6, 6.07) is 18.9. The van der Waals surface area contributed by atoms with E-state index in [1.54, 1.807) is 0 Å². The van der Waals surface area contributed by atoms with Gasteiger partial charge < -0.3 is 18.1 Å². The van der Waals surface area contributed by atoms with Crippen molar-refractivity contribution in [2.24, 2.45) is 5.41 Å². The minimum absolute atomic E-state index is 0.197. The van der Waals surface area contributed by atoms with Gasteiger partial charge in [0, 0.05) is 0 Å². The van der Waals surface area contributed by atoms with E-state index in [1.165, 1.54) is 0 Å². The van der Waals surface area contributed by atoms with Crippen LogP contribution in [-0.2, 0) is 39.5 Å². The van der Waals surface area contributed by atoms with Gasteiger partial charge in [0.05, 0.1) is 44.2 Å². The van der Waals surface area contributed by atoms with E-state index in [-0.39, 0.29) is 38.8 Å². The van der Waals surface area contributed by atoms with E-state index in [2.05, 4.69) is 0 Å². The minimum atomic E-state index is -3.20. The Bertz CT molecular complexity index is 769. The number of hydrogen-bond donors (Lipinski definition) is 0. The third kappa shape index (κ3) is 4.60. The molecular formula is C19H22O6P2. The molecule has 6 nitrogen and oxygen atoms in total. The summed E-state index contributed by atoms with van der Waals surface area (Å²) >= 11 is 0. The Kier molecular flexibility index (Phi) is 5.39. The van der Waals surface area contributed by atoms with Crippen molar-refractivity contribution in [2.75, 3.05) is 26.4 Å². The molecule has 2 heterocycles. The second-order valence-corrected chi connectivity index (χ2v) is 11.2. The standard InChI is InChI=1S/C19H22O6P2/c20-26(11-17-7-3-1-4-8-17)22-13-19(14-23-26)15-24-27(21,25-16-19)12-18-9-5-2-6-10-18/h1-10H,11-16H2. The molecule has 2 aliphatic rings. The molecule has 27 heavy (non-hydrogen) atoms. The zero-order valence-electron chi connectivity index (χ0n) is 14.9. The molecule has 2 saturated heterocycles. The van der Waals surface area contributed by atoms with Gasteiger partial charge in [-0.1, -0.05) is 60.7 Å². The van der Waals surface area contributed by atoms with Crippen LogP contribution in [0.3, 0.4) is 0 Å². The fourth-order valence-electron chi connectivity index (χ4n) is 3.06. The van der Waals surface area contributed by atoms with Crippen LogP contribution < -0.4 is 0 Å². The van der Waals surface area contributed by atoms with Gasteiger partial charge in [0.2, 0.25) is 0 Å². The lowest BCUT2D eigenvalue weighted by Gasteiger charge is -2.42. The average Bonchev–Trinajstić information content (AvgIpc) is 2.69. The Balaban J connectivity index is 1.35. The molecule has 1 spiro atoms. The Morgan fingerprint density at radius 1 is 0.630 bits per heavy atom. The summed E-state index contributed by atoms with van der Waals surface area (Å²) < 4.78 is 48.2. The third-order valence-electron chi connectivity index (χ3n) is 4.71. The van der Waals surface area contributed by atoms with E-state index in [1.807, 2.05) is 60.7 Å². The van der Waals surface area contributed by atoms with Gasteiger partial charge in [0.15, 0.2) is 0 Å². The van der Waals surface area contributed by atoms with Crippen LogP contribution in [0.5, 0.6) is 0 Å². The van der Waals surface area contributed by atoms with E-state index in [0.29, 0.717) is 0 Å². The van der Waals surface area contributed by atoms with Crippen molar-refractivity contribution in [3.63, 3.8) is 0 Å². The van der Waals surface area contributed by atoms with Crippen LogP contribution >= 0.6 is 15.2 Å². The molecule has 0 amide bonds. The summed E-state index contributed by atoms with van der Waals surface area (Å²) in [6.07, 6.45) is 0.469. The van der Waals surface area contributed by atoms with Crippen LogP contribution in [0.15, 0.2) is 60.7 Å². The summed E-state index contributed by atoms with van der Waals surface area (Å²) in [5.41, 5.74) is 1.23. The fraction of sp³-hybridized carbons (Fsp3) is 0.368. The lowest BCUT2D eigenvalue weighted by Crippen LogP contribution is -2.45. The number of rotatable bonds is 4. The molecule has 2 aromatic rings. The Morgan fingerprint density at radius 3 is 1.30 bits per heavy atom. The molecule has 0 bridgehead atoms. The van der Waals surface area contributed by atoms with Gasteiger partial charge >= 0.3 is 15.2 Å². The van der Waals surface area contributed by atoms with Crippen molar-refractivity contribution in [1.29, 1.82) is 0 Å². The summed E-state index contributed by atoms with van der Waals surface area (Å²) in [5, 5.41) is 0. The highest BCUT2D eigenvalue weighted by Gasteiger charge is 2.48. The Labute approximate surface area is 158 Å². The average molecular weight is 408 g/mol. The van der Waals surface area contributed by atoms with Gasteiger partial charge in [-0.3, -0.25) is 9.13 Å². The Morgan fingerprint density at radius 2 is 0.963 bits per heavy atom. The van der Waals surface area contributed by atoms with Crippen LogP contribution in [0.4, 0.5) is 0 Å². The molecule has 8 heteroatoms. The molecule has 2 aliphatic heterocycles. The highest BCUT2D eigenvalue weighted by atomic mass is 31.2. The molecule has 2 aromatic carbocycles. The lowest BCUT2D eigenvalue weighted by molar-refractivity contribution is -0.0690. The molecule has 0 saturated carbocycles. The van der Waals surface area contributed by atoms with Gasteiger partial charge in [0.25, 0.3) is 0 Å². The van der Waals surface area contributed by atoms with Gasteiger partial charge in [-0.2, -0.15) is 0 Å². The lowest BCUT2D eigenvalue weighted by atomic mass is 9.93. The molecule has 0 unspecified atom stereocenters. The first-order valence-corrected chi connectivity index (χ1v) is 12.3. The van der Waals surface area contributed by atoms with Crippen molar-refractivity contribution in [1.82, 2.24) is 0 Å². The quantitative estimate of drug-likeness (QED) is 0.674. The zero-order valence-corrected chi connectivity index (χ0v) is 16.6. The van der Waals surface area contributed by atoms with Crippen molar-refractivity contribution in [2.45, 2.75) is 12.3 Å². The predicted molar refractivity (Wildman–Crippen MR) is 102 cm³/mol. The van der Waals surface area contributed by atoms with Gasteiger partial charge in [-0.05, 0) is 11.1 Å². The molecule has 144 valence electrons. The van der Waals surface area contributed by atoms with E-state index in [0.717, 1.165) is 11.1 Å². The SMILES string of the molecule is O=P1(Cc2ccccc2)OCC2(CO1)COP(=O)(Cc1ccccc1)OC2. The van der Waals surface area contributed by atoms with E-state index >= 15 is 0 Å². The minimum Gasteiger partial charge on any atom is -0.307 e. The normalized spacial score (nSPS) is 33.8. The van der Waals surface area contributed by atoms with Crippen LogP contribution in [0, 0.1) is 5.41 Å². The summed E-state index contributed by atoms with van der Waals surface area (Å²) in [4.78, 5) is 0. The zero-order chi connectivity index (χ0) is 18.8. The highest BCUT2D eigenvalue weighted by Crippen LogP contribution is 2.61. The second-order valence-electron chi connectivity index (χ2n) is 7.10. The van der Waals surface area contributed by atoms with E-state index in [4.69, 9.17) is 18.1 Å². The highest BCUT2D eigenvalue weighted by molar-refractivity contribution is 7.53. The van der Waals surface area contributed by atoms with E-state index < -0.39 is 20.6 Å². The summed E-state index contributed by atoms with van der Waals surface area (Å²) in [6.45, 7) is 0.787. The molecule has 0 aromatic heterocycles. The first-order chi connectivity index (χ1) is 13.0. The molecule has 0 N–H and O–H groups in total. The molecule has 2 fully saturated rings.